The number of benzene rings is 2. The molecule has 0 saturated heterocycles. The lowest BCUT2D eigenvalue weighted by Gasteiger charge is -2.16. The maximum absolute atomic E-state index is 13.7. The first kappa shape index (κ1) is 16.9. The molecule has 0 atom stereocenters. The van der Waals surface area contributed by atoms with E-state index in [-0.39, 0.29) is 18.5 Å². The number of hydrogen-bond donors (Lipinski definition) is 2. The first-order valence-electron chi connectivity index (χ1n) is 7.36. The third-order valence-corrected chi connectivity index (χ3v) is 4.02. The molecule has 0 radical (unpaired) electrons. The summed E-state index contributed by atoms with van der Waals surface area (Å²) >= 11 is 0. The Bertz CT molecular complexity index is 866. The minimum Gasteiger partial charge on any atom is -0.323 e. The van der Waals surface area contributed by atoms with Gasteiger partial charge in [0.1, 0.15) is 11.2 Å². The van der Waals surface area contributed by atoms with E-state index in [1.165, 1.54) is 18.2 Å². The molecule has 130 valence electrons. The first-order chi connectivity index (χ1) is 11.8. The summed E-state index contributed by atoms with van der Waals surface area (Å²) in [5.74, 6) is -6.96. The van der Waals surface area contributed by atoms with Crippen LogP contribution in [0, 0.1) is 28.7 Å². The molecule has 1 aliphatic carbocycles. The number of carbonyl (C=O) groups is 2. The smallest absolute Gasteiger partial charge is 0.240 e. The summed E-state index contributed by atoms with van der Waals surface area (Å²) < 4.78 is 53.4. The van der Waals surface area contributed by atoms with Crippen LogP contribution in [0.4, 0.5) is 28.9 Å². The molecule has 0 aromatic heterocycles. The number of halogens is 4. The Morgan fingerprint density at radius 1 is 0.760 bits per heavy atom. The minimum atomic E-state index is -1.72. The number of amides is 2. The van der Waals surface area contributed by atoms with Crippen molar-refractivity contribution in [3.8, 4) is 0 Å². The van der Waals surface area contributed by atoms with E-state index in [1.54, 1.807) is 0 Å². The van der Waals surface area contributed by atoms with Gasteiger partial charge in [-0.1, -0.05) is 12.1 Å². The Morgan fingerprint density at radius 3 is 1.96 bits per heavy atom. The fourth-order valence-electron chi connectivity index (χ4n) is 2.35. The van der Waals surface area contributed by atoms with Gasteiger partial charge in [0.15, 0.2) is 17.5 Å². The highest BCUT2D eigenvalue weighted by Crippen LogP contribution is 2.47. The minimum absolute atomic E-state index is 0.0921. The summed E-state index contributed by atoms with van der Waals surface area (Å²) in [6.45, 7) is 0. The number of carbonyl (C=O) groups excluding carboxylic acids is 2. The van der Waals surface area contributed by atoms with E-state index in [9.17, 15) is 27.2 Å². The zero-order chi connectivity index (χ0) is 18.2. The molecule has 2 N–H and O–H groups in total. The summed E-state index contributed by atoms with van der Waals surface area (Å²) in [5.41, 5.74) is -2.17. The van der Waals surface area contributed by atoms with Crippen molar-refractivity contribution < 1.29 is 27.2 Å². The number of nitrogens with one attached hydrogen (secondary N) is 2. The quantitative estimate of drug-likeness (QED) is 0.502. The second kappa shape index (κ2) is 6.19. The third-order valence-electron chi connectivity index (χ3n) is 4.02. The molecule has 0 bridgehead atoms. The number of anilines is 2. The van der Waals surface area contributed by atoms with E-state index in [0.717, 1.165) is 12.1 Å². The van der Waals surface area contributed by atoms with Crippen molar-refractivity contribution >= 4 is 23.2 Å². The van der Waals surface area contributed by atoms with Gasteiger partial charge >= 0.3 is 0 Å². The fraction of sp³-hybridized carbons (Fsp3) is 0.176. The van der Waals surface area contributed by atoms with E-state index < -0.39 is 46.2 Å². The second-order valence-corrected chi connectivity index (χ2v) is 5.69. The van der Waals surface area contributed by atoms with Gasteiger partial charge in [0.2, 0.25) is 11.8 Å². The van der Waals surface area contributed by atoms with Crippen molar-refractivity contribution in [2.24, 2.45) is 5.41 Å². The molecule has 1 aliphatic rings. The van der Waals surface area contributed by atoms with Crippen LogP contribution in [-0.2, 0) is 9.59 Å². The van der Waals surface area contributed by atoms with Gasteiger partial charge in [-0.15, -0.1) is 0 Å². The van der Waals surface area contributed by atoms with Crippen LogP contribution in [-0.4, -0.2) is 11.8 Å². The van der Waals surface area contributed by atoms with Crippen LogP contribution >= 0.6 is 0 Å². The van der Waals surface area contributed by atoms with Gasteiger partial charge in [0, 0.05) is 0 Å². The molecule has 25 heavy (non-hydrogen) atoms. The van der Waals surface area contributed by atoms with Crippen LogP contribution in [0.15, 0.2) is 36.4 Å². The van der Waals surface area contributed by atoms with Gasteiger partial charge in [-0.3, -0.25) is 9.59 Å². The zero-order valence-corrected chi connectivity index (χ0v) is 12.7. The second-order valence-electron chi connectivity index (χ2n) is 5.69. The highest BCUT2D eigenvalue weighted by Gasteiger charge is 2.56. The number of para-hydroxylation sites is 1. The zero-order valence-electron chi connectivity index (χ0n) is 12.7. The van der Waals surface area contributed by atoms with E-state index >= 15 is 0 Å². The maximum Gasteiger partial charge on any atom is 0.240 e. The first-order valence-corrected chi connectivity index (χ1v) is 7.36. The number of hydrogen-bond acceptors (Lipinski definition) is 2. The summed E-state index contributed by atoms with van der Waals surface area (Å²) in [5, 5.41) is 4.40. The molecule has 2 aromatic rings. The van der Waals surface area contributed by atoms with Crippen LogP contribution in [0.3, 0.4) is 0 Å². The summed E-state index contributed by atoms with van der Waals surface area (Å²) in [6, 6.07) is 6.94. The highest BCUT2D eigenvalue weighted by molar-refractivity contribution is 6.16. The van der Waals surface area contributed by atoms with Gasteiger partial charge in [-0.05, 0) is 37.1 Å². The monoisotopic (exact) mass is 352 g/mol. The molecule has 1 fully saturated rings. The topological polar surface area (TPSA) is 58.2 Å². The van der Waals surface area contributed by atoms with Crippen LogP contribution in [0.1, 0.15) is 12.8 Å². The molecule has 0 spiro atoms. The van der Waals surface area contributed by atoms with Crippen molar-refractivity contribution in [2.45, 2.75) is 12.8 Å². The summed E-state index contributed by atoms with van der Waals surface area (Å²) in [7, 11) is 0. The molecule has 4 nitrogen and oxygen atoms in total. The molecule has 8 heteroatoms. The van der Waals surface area contributed by atoms with Gasteiger partial charge in [-0.2, -0.15) is 0 Å². The molecule has 2 amide bonds. The van der Waals surface area contributed by atoms with Crippen molar-refractivity contribution in [1.29, 1.82) is 0 Å². The lowest BCUT2D eigenvalue weighted by atomic mass is 10.0. The van der Waals surface area contributed by atoms with E-state index in [4.69, 9.17) is 0 Å². The van der Waals surface area contributed by atoms with Crippen LogP contribution in [0.25, 0.3) is 0 Å². The molecule has 2 aromatic carbocycles. The lowest BCUT2D eigenvalue weighted by molar-refractivity contribution is -0.131. The SMILES string of the molecule is O=C(Nc1ccccc1F)C1(C(=O)Nc2ccc(F)c(F)c2F)CC1. The predicted octanol–water partition coefficient (Wildman–Crippen LogP) is 3.60. The van der Waals surface area contributed by atoms with Gasteiger partial charge in [0.25, 0.3) is 0 Å². The number of rotatable bonds is 4. The molecule has 1 saturated carbocycles. The molecular formula is C17H12F4N2O2. The Balaban J connectivity index is 1.77. The summed E-state index contributed by atoms with van der Waals surface area (Å²) in [4.78, 5) is 24.6. The highest BCUT2D eigenvalue weighted by atomic mass is 19.2. The van der Waals surface area contributed by atoms with Crippen LogP contribution in [0.5, 0.6) is 0 Å². The average Bonchev–Trinajstić information content (AvgIpc) is 3.39. The van der Waals surface area contributed by atoms with Gasteiger partial charge < -0.3 is 10.6 Å². The van der Waals surface area contributed by atoms with E-state index in [2.05, 4.69) is 10.6 Å². The molecule has 0 unspecified atom stereocenters. The molecular weight excluding hydrogens is 340 g/mol. The Hall–Kier alpha value is -2.90. The van der Waals surface area contributed by atoms with Crippen LogP contribution < -0.4 is 10.6 Å². The van der Waals surface area contributed by atoms with Crippen molar-refractivity contribution in [2.75, 3.05) is 10.6 Å². The lowest BCUT2D eigenvalue weighted by Crippen LogP contribution is -2.36. The Kier molecular flexibility index (Phi) is 4.20. The van der Waals surface area contributed by atoms with Gasteiger partial charge in [-0.25, -0.2) is 17.6 Å². The third kappa shape index (κ3) is 3.07. The van der Waals surface area contributed by atoms with E-state index in [1.807, 2.05) is 0 Å². The largest absolute Gasteiger partial charge is 0.323 e. The molecule has 0 aliphatic heterocycles. The average molecular weight is 352 g/mol. The summed E-state index contributed by atoms with van der Waals surface area (Å²) in [6.07, 6.45) is 0.342. The fourth-order valence-corrected chi connectivity index (χ4v) is 2.35. The van der Waals surface area contributed by atoms with Crippen LogP contribution in [0.2, 0.25) is 0 Å². The van der Waals surface area contributed by atoms with Crippen molar-refractivity contribution in [3.05, 3.63) is 59.7 Å². The molecule has 3 rings (SSSR count). The van der Waals surface area contributed by atoms with Gasteiger partial charge in [0.05, 0.1) is 11.4 Å². The Labute approximate surface area is 139 Å². The Morgan fingerprint density at radius 2 is 1.36 bits per heavy atom. The maximum atomic E-state index is 13.7. The molecule has 0 heterocycles. The van der Waals surface area contributed by atoms with E-state index in [0.29, 0.717) is 6.07 Å². The van der Waals surface area contributed by atoms with Crippen molar-refractivity contribution in [1.82, 2.24) is 0 Å². The van der Waals surface area contributed by atoms with Crippen molar-refractivity contribution in [3.63, 3.8) is 0 Å². The predicted molar refractivity (Wildman–Crippen MR) is 81.6 cm³/mol. The normalized spacial score (nSPS) is 14.7. The standard InChI is InChI=1S/C17H12F4N2O2/c18-9-3-1-2-4-11(9)22-15(24)17(7-8-17)16(25)23-12-6-5-10(19)13(20)14(12)21/h1-6H,7-8H2,(H,22,24)(H,23,25).